The third-order valence-electron chi connectivity index (χ3n) is 27.7. The topological polar surface area (TPSA) is 46.2 Å². The zero-order valence-electron chi connectivity index (χ0n) is 93.0. The molecule has 0 aromatic carbocycles. The molecule has 5 nitrogen and oxygen atoms in total. The van der Waals surface area contributed by atoms with E-state index in [0.717, 1.165) is 122 Å². The van der Waals surface area contributed by atoms with Gasteiger partial charge < -0.3 is 38.5 Å². The fraction of sp³-hybridized carbons (Fsp3) is 0.950. The Kier molecular flexibility index (Phi) is 95.8. The molecule has 764 valence electrons. The van der Waals surface area contributed by atoms with Crippen LogP contribution >= 0.6 is 17.0 Å². The molecule has 0 aromatic heterocycles. The summed E-state index contributed by atoms with van der Waals surface area (Å²) >= 11 is -0.826. The number of rotatable bonds is 41. The second-order valence-electron chi connectivity index (χ2n) is 46.7. The Morgan fingerprint density at radius 1 is 0.268 bits per heavy atom. The van der Waals surface area contributed by atoms with Gasteiger partial charge in [-0.3, -0.25) is 0 Å². The Labute approximate surface area is 823 Å². The first-order valence-corrected chi connectivity index (χ1v) is 62.1. The second-order valence-corrected chi connectivity index (χ2v) is 50.5. The van der Waals surface area contributed by atoms with Gasteiger partial charge in [0.15, 0.2) is 0 Å². The quantitative estimate of drug-likeness (QED) is 0.0451. The van der Waals surface area contributed by atoms with E-state index in [1.165, 1.54) is 379 Å². The Bertz CT molecular complexity index is 2070. The molecule has 9 aliphatic carbocycles. The molecule has 8 fully saturated rings. The van der Waals surface area contributed by atoms with Crippen molar-refractivity contribution in [2.75, 3.05) is 33.0 Å². The molecule has 8 heteroatoms. The third kappa shape index (κ3) is 92.8. The summed E-state index contributed by atoms with van der Waals surface area (Å²) in [6.07, 6.45) is 93.6. The van der Waals surface area contributed by atoms with Crippen LogP contribution in [0.5, 0.6) is 0 Å². The Balaban J connectivity index is -0.000000440. The van der Waals surface area contributed by atoms with Crippen molar-refractivity contribution in [2.45, 2.75) is 608 Å². The molecular formula is C119H240Cl2O5Zr. The first-order chi connectivity index (χ1) is 59.3. The van der Waals surface area contributed by atoms with Crippen LogP contribution < -0.4 is 0 Å². The molecular weight excluding hydrogens is 1670 g/mol. The summed E-state index contributed by atoms with van der Waals surface area (Å²) in [6.45, 7) is 68.3. The van der Waals surface area contributed by atoms with Gasteiger partial charge in [0.05, 0.1) is 28.0 Å². The van der Waals surface area contributed by atoms with Crippen LogP contribution in [0.2, 0.25) is 0 Å². The van der Waals surface area contributed by atoms with Crippen molar-refractivity contribution in [3.05, 3.63) is 39.2 Å². The molecule has 9 aliphatic rings. The zero-order valence-corrected chi connectivity index (χ0v) is 97.0. The van der Waals surface area contributed by atoms with Crippen molar-refractivity contribution < 1.29 is 44.5 Å². The molecule has 0 saturated heterocycles. The van der Waals surface area contributed by atoms with E-state index in [2.05, 4.69) is 225 Å². The van der Waals surface area contributed by atoms with Gasteiger partial charge in [-0.1, -0.05) is 429 Å². The van der Waals surface area contributed by atoms with Crippen LogP contribution in [0.3, 0.4) is 0 Å². The van der Waals surface area contributed by atoms with E-state index < -0.39 is 20.8 Å². The SMILES string of the molecule is CC(C)(C)OCCCCCCC1CCCC1.CC(C)(C)OCCCCCCC1CCCC1.CC(C)(C)OCCCCCCC1CCCC1.CC1CC(C)C(C)C1C.CC1CCC(CCCCCCOC(C)(C)C)C1.CC1CCC(CCCCCCOC(C)(C)C)C1.CCC.CCC.CCC.CCCCC1CCC2C=CC=CC21.CCCCC1CCCC1.[CH3-].[CH3-].[Cl][Zr+2][Cl]. The molecule has 0 amide bonds. The van der Waals surface area contributed by atoms with Gasteiger partial charge >= 0.3 is 37.9 Å². The minimum absolute atomic E-state index is 0. The molecule has 11 atom stereocenters. The molecule has 0 radical (unpaired) electrons. The molecule has 0 heterocycles. The van der Waals surface area contributed by atoms with Crippen LogP contribution in [0, 0.1) is 104 Å². The summed E-state index contributed by atoms with van der Waals surface area (Å²) < 4.78 is 28.6. The van der Waals surface area contributed by atoms with Gasteiger partial charge in [-0.15, -0.1) is 0 Å². The standard InChI is InChI=1S/2C16H32O.3C15H30O.C13H20.2C9H18.3C3H8.2CH3.2ClH.Zr/c2*1-14-10-11-15(13-14)9-7-5-6-8-12-17-16(2,3)4;3*1-15(2,3)16-13-9-5-4-6-10-14-11-7-8-12-14;1-2-3-6-11-9-10-12-7-4-5-8-13(11)12;1-6-5-7(2)9(4)8(6)3;1-2-3-6-9-7-4-5-8-9;3*1-3-2;;;;;/h2*14-15H,5-13H2,1-4H3;3*14H,4-13H2,1-3H3;4-5,7-8,11-13H,2-3,6,9-10H2,1H3;6-9H,5H2,1-4H3;9H,2-8H2,1H3;3*3H2,1-2H3;2*1H3;2*1H;/q;;;;;;;;;;;2*-1;;;+4/p-2. The molecule has 8 saturated carbocycles. The Morgan fingerprint density at radius 3 is 0.717 bits per heavy atom. The summed E-state index contributed by atoms with van der Waals surface area (Å²) in [7, 11) is 9.87. The van der Waals surface area contributed by atoms with Gasteiger partial charge in [0.25, 0.3) is 0 Å². The van der Waals surface area contributed by atoms with Gasteiger partial charge in [-0.25, -0.2) is 0 Å². The van der Waals surface area contributed by atoms with E-state index in [4.69, 9.17) is 40.7 Å². The van der Waals surface area contributed by atoms with E-state index in [9.17, 15) is 0 Å². The Hall–Kier alpha value is 0.743. The number of fused-ring (bicyclic) bond motifs is 1. The molecule has 0 aromatic rings. The average molecular weight is 1910 g/mol. The first-order valence-electron chi connectivity index (χ1n) is 55.8. The molecule has 9 rings (SSSR count). The average Bonchev–Trinajstić information content (AvgIpc) is 1.71. The van der Waals surface area contributed by atoms with Gasteiger partial charge in [0.2, 0.25) is 0 Å². The monoisotopic (exact) mass is 1910 g/mol. The van der Waals surface area contributed by atoms with Crippen LogP contribution in [-0.2, 0) is 44.5 Å². The van der Waals surface area contributed by atoms with Gasteiger partial charge in [0, 0.05) is 33.0 Å². The minimum atomic E-state index is -0.826. The molecule has 0 bridgehead atoms. The third-order valence-corrected chi connectivity index (χ3v) is 27.7. The second kappa shape index (κ2) is 89.4. The maximum absolute atomic E-state index is 5.72. The summed E-state index contributed by atoms with van der Waals surface area (Å²) in [5, 5.41) is 0. The number of halogens is 2. The van der Waals surface area contributed by atoms with Crippen molar-refractivity contribution in [1.82, 2.24) is 0 Å². The molecule has 127 heavy (non-hydrogen) atoms. The molecule has 0 aliphatic heterocycles. The zero-order chi connectivity index (χ0) is 94.5. The van der Waals surface area contributed by atoms with Crippen LogP contribution in [0.1, 0.15) is 580 Å². The number of unbranched alkanes of at least 4 members (excludes halogenated alkanes) is 17. The predicted molar refractivity (Wildman–Crippen MR) is 576 cm³/mol. The van der Waals surface area contributed by atoms with Gasteiger partial charge in [-0.2, -0.15) is 0 Å². The fourth-order valence-corrected chi connectivity index (χ4v) is 20.1. The number of ether oxygens (including phenoxy) is 5. The summed E-state index contributed by atoms with van der Waals surface area (Å²) in [5.74, 6) is 15.1. The molecule has 11 unspecified atom stereocenters. The summed E-state index contributed by atoms with van der Waals surface area (Å²) in [6, 6.07) is 0. The summed E-state index contributed by atoms with van der Waals surface area (Å²) in [5.41, 5.74) is 0.220. The number of allylic oxidation sites excluding steroid dienone is 4. The fourth-order valence-electron chi connectivity index (χ4n) is 20.1. The number of hydrogen-bond donors (Lipinski definition) is 0. The number of hydrogen-bond acceptors (Lipinski definition) is 5. The predicted octanol–water partition coefficient (Wildman–Crippen LogP) is 42.0. The van der Waals surface area contributed by atoms with Crippen LogP contribution in [0.25, 0.3) is 0 Å². The normalized spacial score (nSPS) is 23.1. The van der Waals surface area contributed by atoms with Crippen molar-refractivity contribution in [1.29, 1.82) is 0 Å². The van der Waals surface area contributed by atoms with E-state index in [0.29, 0.717) is 0 Å². The van der Waals surface area contributed by atoms with Crippen LogP contribution in [0.4, 0.5) is 0 Å². The molecule has 0 spiro atoms. The van der Waals surface area contributed by atoms with Gasteiger partial charge in [0.1, 0.15) is 0 Å². The van der Waals surface area contributed by atoms with E-state index in [1.807, 2.05) is 0 Å². The van der Waals surface area contributed by atoms with Crippen LogP contribution in [-0.4, -0.2) is 61.0 Å². The first kappa shape index (κ1) is 136. The molecule has 0 N–H and O–H groups in total. The van der Waals surface area contributed by atoms with Crippen molar-refractivity contribution in [3.8, 4) is 0 Å². The summed E-state index contributed by atoms with van der Waals surface area (Å²) in [4.78, 5) is 0. The van der Waals surface area contributed by atoms with Crippen LogP contribution in [0.15, 0.2) is 24.3 Å². The van der Waals surface area contributed by atoms with Crippen molar-refractivity contribution in [2.24, 2.45) is 88.8 Å². The Morgan fingerprint density at radius 2 is 0.496 bits per heavy atom. The van der Waals surface area contributed by atoms with Crippen molar-refractivity contribution in [3.63, 3.8) is 0 Å². The van der Waals surface area contributed by atoms with E-state index >= 15 is 0 Å². The maximum atomic E-state index is 5.72. The van der Waals surface area contributed by atoms with E-state index in [1.54, 1.807) is 0 Å². The van der Waals surface area contributed by atoms with E-state index in [-0.39, 0.29) is 42.9 Å². The van der Waals surface area contributed by atoms with Crippen molar-refractivity contribution >= 4 is 17.0 Å². The van der Waals surface area contributed by atoms with Gasteiger partial charge in [-0.05, 0) is 263 Å².